The predicted molar refractivity (Wildman–Crippen MR) is 288 cm³/mol. The first kappa shape index (κ1) is 63.8. The average molecular weight is 936 g/mol. The third-order valence-corrected chi connectivity index (χ3v) is 12.2. The molecule has 1 unspecified atom stereocenters. The van der Waals surface area contributed by atoms with Crippen molar-refractivity contribution in [3.05, 3.63) is 72.9 Å². The van der Waals surface area contributed by atoms with E-state index in [2.05, 4.69) is 93.7 Å². The van der Waals surface area contributed by atoms with Gasteiger partial charge in [0.1, 0.15) is 13.2 Å². The van der Waals surface area contributed by atoms with Crippen LogP contribution in [0.1, 0.15) is 278 Å². The first-order valence-corrected chi connectivity index (χ1v) is 28.4. The molecule has 67 heavy (non-hydrogen) atoms. The van der Waals surface area contributed by atoms with Crippen LogP contribution in [-0.4, -0.2) is 37.2 Å². The fourth-order valence-electron chi connectivity index (χ4n) is 7.93. The van der Waals surface area contributed by atoms with E-state index < -0.39 is 6.10 Å². The molecule has 0 N–H and O–H groups in total. The lowest BCUT2D eigenvalue weighted by Gasteiger charge is -2.18. The molecule has 0 bridgehead atoms. The van der Waals surface area contributed by atoms with Gasteiger partial charge in [-0.05, 0) is 89.9 Å². The minimum Gasteiger partial charge on any atom is -0.462 e. The first-order valence-electron chi connectivity index (χ1n) is 28.4. The maximum atomic E-state index is 12.7. The zero-order valence-corrected chi connectivity index (χ0v) is 44.2. The molecule has 6 nitrogen and oxygen atoms in total. The van der Waals surface area contributed by atoms with Crippen molar-refractivity contribution in [3.63, 3.8) is 0 Å². The summed E-state index contributed by atoms with van der Waals surface area (Å²) in [6, 6.07) is 0. The van der Waals surface area contributed by atoms with E-state index in [1.165, 1.54) is 141 Å². The molecule has 6 heteroatoms. The summed E-state index contributed by atoms with van der Waals surface area (Å²) in [6.07, 6.45) is 71.0. The molecule has 0 radical (unpaired) electrons. The molecule has 0 spiro atoms. The Morgan fingerprint density at radius 2 is 0.582 bits per heavy atom. The predicted octanol–water partition coefficient (Wildman–Crippen LogP) is 19.0. The van der Waals surface area contributed by atoms with Gasteiger partial charge in [0.25, 0.3) is 0 Å². The maximum Gasteiger partial charge on any atom is 0.306 e. The van der Waals surface area contributed by atoms with Gasteiger partial charge in [-0.15, -0.1) is 0 Å². The van der Waals surface area contributed by atoms with Gasteiger partial charge < -0.3 is 14.2 Å². The van der Waals surface area contributed by atoms with Gasteiger partial charge in [-0.2, -0.15) is 0 Å². The highest BCUT2D eigenvalue weighted by Gasteiger charge is 2.19. The van der Waals surface area contributed by atoms with E-state index in [1.54, 1.807) is 0 Å². The van der Waals surface area contributed by atoms with Gasteiger partial charge >= 0.3 is 17.9 Å². The van der Waals surface area contributed by atoms with Crippen LogP contribution in [0.25, 0.3) is 0 Å². The van der Waals surface area contributed by atoms with Crippen LogP contribution in [0.5, 0.6) is 0 Å². The Hall–Kier alpha value is -3.15. The van der Waals surface area contributed by atoms with Gasteiger partial charge in [0, 0.05) is 19.3 Å². The van der Waals surface area contributed by atoms with Crippen LogP contribution >= 0.6 is 0 Å². The number of ether oxygens (including phenoxy) is 3. The van der Waals surface area contributed by atoms with E-state index in [9.17, 15) is 14.4 Å². The highest BCUT2D eigenvalue weighted by molar-refractivity contribution is 5.71. The molecule has 0 aromatic carbocycles. The van der Waals surface area contributed by atoms with Crippen LogP contribution in [-0.2, 0) is 28.6 Å². The van der Waals surface area contributed by atoms with E-state index >= 15 is 0 Å². The van der Waals surface area contributed by atoms with Crippen molar-refractivity contribution >= 4 is 17.9 Å². The first-order chi connectivity index (χ1) is 33.0. The Labute approximate surface area is 414 Å². The van der Waals surface area contributed by atoms with Gasteiger partial charge in [-0.1, -0.05) is 241 Å². The lowest BCUT2D eigenvalue weighted by atomic mass is 10.0. The molecule has 0 heterocycles. The fraction of sp³-hybridized carbons (Fsp3) is 0.754. The van der Waals surface area contributed by atoms with Crippen LogP contribution in [0, 0.1) is 0 Å². The summed E-state index contributed by atoms with van der Waals surface area (Å²) in [6.45, 7) is 6.40. The summed E-state index contributed by atoms with van der Waals surface area (Å²) in [7, 11) is 0. The highest BCUT2D eigenvalue weighted by atomic mass is 16.6. The molecule has 0 fully saturated rings. The molecule has 386 valence electrons. The van der Waals surface area contributed by atoms with Crippen molar-refractivity contribution < 1.29 is 28.6 Å². The standard InChI is InChI=1S/C61H106O6/c1-4-7-10-13-15-17-19-21-23-24-25-26-27-28-29-30-31-32-33-34-35-36-38-39-41-43-45-48-51-54-60(63)66-57-58(56-65-59(62)53-50-47-12-9-6-3)67-61(64)55-52-49-46-44-42-40-37-22-20-18-16-14-11-8-5-2/h8,11,16,18-19,21-22,24-25,37,42,44,58H,4-7,9-10,12-15,17,20,23,26-36,38-41,43,45-57H2,1-3H3/b11-8-,18-16-,21-19-,25-24-,37-22-,44-42-. The topological polar surface area (TPSA) is 78.9 Å². The fourth-order valence-corrected chi connectivity index (χ4v) is 7.93. The number of rotatable bonds is 51. The Kier molecular flexibility index (Phi) is 52.8. The summed E-state index contributed by atoms with van der Waals surface area (Å²) < 4.78 is 16.7. The highest BCUT2D eigenvalue weighted by Crippen LogP contribution is 2.16. The minimum absolute atomic E-state index is 0.0907. The van der Waals surface area contributed by atoms with E-state index in [-0.39, 0.29) is 37.5 Å². The number of carbonyl (C=O) groups is 3. The smallest absolute Gasteiger partial charge is 0.306 e. The molecule has 0 rings (SSSR count). The largest absolute Gasteiger partial charge is 0.462 e. The molecule has 0 aromatic rings. The normalized spacial score (nSPS) is 12.6. The van der Waals surface area contributed by atoms with Crippen molar-refractivity contribution in [1.82, 2.24) is 0 Å². The third kappa shape index (κ3) is 53.7. The second-order valence-corrected chi connectivity index (χ2v) is 18.8. The molecule has 0 aliphatic rings. The molecule has 0 saturated carbocycles. The van der Waals surface area contributed by atoms with E-state index in [4.69, 9.17) is 14.2 Å². The average Bonchev–Trinajstić information content (AvgIpc) is 3.33. The van der Waals surface area contributed by atoms with E-state index in [0.29, 0.717) is 19.3 Å². The number of esters is 3. The quantitative estimate of drug-likeness (QED) is 0.0262. The zero-order valence-electron chi connectivity index (χ0n) is 44.2. The SMILES string of the molecule is CC/C=C\C/C=C\C/C=C\C/C=C\CCCCC(=O)OC(COC(=O)CCCCCCC)COC(=O)CCCCCCCCCCCCCCCCCCC/C=C\C/C=C\CCCCCCC. The van der Waals surface area contributed by atoms with Gasteiger partial charge in [0.05, 0.1) is 0 Å². The van der Waals surface area contributed by atoms with Crippen LogP contribution in [0.15, 0.2) is 72.9 Å². The molecule has 1 atom stereocenters. The molecule has 0 amide bonds. The van der Waals surface area contributed by atoms with Crippen LogP contribution in [0.2, 0.25) is 0 Å². The van der Waals surface area contributed by atoms with E-state index in [1.807, 2.05) is 0 Å². The minimum atomic E-state index is -0.792. The lowest BCUT2D eigenvalue weighted by Crippen LogP contribution is -2.30. The number of unbranched alkanes of at least 4 members (excludes halogenated alkanes) is 28. The molecule has 0 aliphatic heterocycles. The van der Waals surface area contributed by atoms with Crippen molar-refractivity contribution in [1.29, 1.82) is 0 Å². The van der Waals surface area contributed by atoms with Gasteiger partial charge in [0.15, 0.2) is 6.10 Å². The molecule has 0 aliphatic carbocycles. The summed E-state index contributed by atoms with van der Waals surface area (Å²) in [5.41, 5.74) is 0. The van der Waals surface area contributed by atoms with Crippen molar-refractivity contribution in [2.45, 2.75) is 284 Å². The summed E-state index contributed by atoms with van der Waals surface area (Å²) in [4.78, 5) is 37.7. The Morgan fingerprint density at radius 1 is 0.313 bits per heavy atom. The number of hydrogen-bond donors (Lipinski definition) is 0. The monoisotopic (exact) mass is 935 g/mol. The molecule has 0 aromatic heterocycles. The maximum absolute atomic E-state index is 12.7. The zero-order chi connectivity index (χ0) is 48.6. The van der Waals surface area contributed by atoms with Crippen molar-refractivity contribution in [3.8, 4) is 0 Å². The Morgan fingerprint density at radius 3 is 0.940 bits per heavy atom. The van der Waals surface area contributed by atoms with Gasteiger partial charge in [-0.3, -0.25) is 14.4 Å². The van der Waals surface area contributed by atoms with Gasteiger partial charge in [0.2, 0.25) is 0 Å². The van der Waals surface area contributed by atoms with Crippen LogP contribution < -0.4 is 0 Å². The summed E-state index contributed by atoms with van der Waals surface area (Å²) in [5, 5.41) is 0. The van der Waals surface area contributed by atoms with E-state index in [0.717, 1.165) is 89.9 Å². The summed E-state index contributed by atoms with van der Waals surface area (Å²) in [5.74, 6) is -0.942. The second-order valence-electron chi connectivity index (χ2n) is 18.8. The van der Waals surface area contributed by atoms with Crippen LogP contribution in [0.3, 0.4) is 0 Å². The Balaban J connectivity index is 4.02. The lowest BCUT2D eigenvalue weighted by molar-refractivity contribution is -0.167. The number of hydrogen-bond acceptors (Lipinski definition) is 6. The summed E-state index contributed by atoms with van der Waals surface area (Å²) >= 11 is 0. The van der Waals surface area contributed by atoms with Crippen molar-refractivity contribution in [2.24, 2.45) is 0 Å². The second kappa shape index (κ2) is 55.4. The third-order valence-electron chi connectivity index (χ3n) is 12.2. The van der Waals surface area contributed by atoms with Gasteiger partial charge in [-0.25, -0.2) is 0 Å². The number of allylic oxidation sites excluding steroid dienone is 12. The molecular weight excluding hydrogens is 829 g/mol. The molecular formula is C61H106O6. The molecule has 0 saturated heterocycles. The Bertz CT molecular complexity index is 1260. The number of carbonyl (C=O) groups excluding carboxylic acids is 3. The van der Waals surface area contributed by atoms with Crippen molar-refractivity contribution in [2.75, 3.05) is 13.2 Å². The van der Waals surface area contributed by atoms with Crippen LogP contribution in [0.4, 0.5) is 0 Å².